The van der Waals surface area contributed by atoms with E-state index in [1.807, 2.05) is 6.07 Å². The van der Waals surface area contributed by atoms with Gasteiger partial charge in [0, 0.05) is 6.61 Å². The summed E-state index contributed by atoms with van der Waals surface area (Å²) in [4.78, 5) is 0. The van der Waals surface area contributed by atoms with Gasteiger partial charge in [0.25, 0.3) is 0 Å². The van der Waals surface area contributed by atoms with Crippen LogP contribution < -0.4 is 0 Å². The average Bonchev–Trinajstić information content (AvgIpc) is 2.64. The molecule has 0 aromatic heterocycles. The van der Waals surface area contributed by atoms with Gasteiger partial charge in [0.1, 0.15) is 0 Å². The van der Waals surface area contributed by atoms with E-state index < -0.39 is 0 Å². The molecule has 2 nitrogen and oxygen atoms in total. The van der Waals surface area contributed by atoms with E-state index >= 15 is 0 Å². The first-order chi connectivity index (χ1) is 8.35. The van der Waals surface area contributed by atoms with Gasteiger partial charge < -0.3 is 4.74 Å². The van der Waals surface area contributed by atoms with E-state index in [1.165, 1.54) is 5.56 Å². The Kier molecular flexibility index (Phi) is 4.17. The minimum absolute atomic E-state index is 0.258. The quantitative estimate of drug-likeness (QED) is 0.796. The third kappa shape index (κ3) is 3.31. The molecule has 0 aliphatic carbocycles. The zero-order chi connectivity index (χ0) is 12.0. The second-order valence-electron chi connectivity index (χ2n) is 4.89. The first kappa shape index (κ1) is 12.1. The van der Waals surface area contributed by atoms with E-state index in [-0.39, 0.29) is 5.41 Å². The van der Waals surface area contributed by atoms with Crippen LogP contribution in [0.25, 0.3) is 0 Å². The number of rotatable bonds is 3. The van der Waals surface area contributed by atoms with Crippen LogP contribution in [0.1, 0.15) is 31.2 Å². The molecule has 0 saturated carbocycles. The number of hydrogen-bond acceptors (Lipinski definition) is 2. The zero-order valence-corrected chi connectivity index (χ0v) is 10.2. The van der Waals surface area contributed by atoms with Crippen molar-refractivity contribution in [3.63, 3.8) is 0 Å². The molecule has 1 fully saturated rings. The molecular formula is C15H19NO. The fraction of sp³-hybridized carbons (Fsp3) is 0.533. The third-order valence-electron chi connectivity index (χ3n) is 3.54. The Labute approximate surface area is 103 Å². The lowest BCUT2D eigenvalue weighted by Crippen LogP contribution is -2.24. The molecule has 1 heterocycles. The maximum Gasteiger partial charge on any atom is 0.0810 e. The first-order valence-corrected chi connectivity index (χ1v) is 6.38. The number of nitrogens with zero attached hydrogens (tertiary/aromatic N) is 1. The molecule has 0 bridgehead atoms. The maximum absolute atomic E-state index is 9.41. The van der Waals surface area contributed by atoms with Crippen molar-refractivity contribution in [2.24, 2.45) is 5.41 Å². The first-order valence-electron chi connectivity index (χ1n) is 6.38. The van der Waals surface area contributed by atoms with Crippen LogP contribution in [0.3, 0.4) is 0 Å². The van der Waals surface area contributed by atoms with Crippen molar-refractivity contribution in [3.05, 3.63) is 35.9 Å². The normalized spacial score (nSPS) is 24.9. The van der Waals surface area contributed by atoms with E-state index in [4.69, 9.17) is 4.74 Å². The highest BCUT2D eigenvalue weighted by atomic mass is 16.5. The smallest absolute Gasteiger partial charge is 0.0810 e. The van der Waals surface area contributed by atoms with Gasteiger partial charge in [-0.25, -0.2) is 0 Å². The molecule has 1 aromatic carbocycles. The van der Waals surface area contributed by atoms with Gasteiger partial charge in [-0.1, -0.05) is 30.3 Å². The molecule has 0 N–H and O–H groups in total. The molecule has 1 unspecified atom stereocenters. The second-order valence-corrected chi connectivity index (χ2v) is 4.89. The van der Waals surface area contributed by atoms with Crippen LogP contribution in [-0.4, -0.2) is 13.2 Å². The Morgan fingerprint density at radius 1 is 1.24 bits per heavy atom. The highest BCUT2D eigenvalue weighted by molar-refractivity contribution is 5.16. The Hall–Kier alpha value is -1.33. The van der Waals surface area contributed by atoms with Crippen LogP contribution >= 0.6 is 0 Å². The summed E-state index contributed by atoms with van der Waals surface area (Å²) in [5.74, 6) is 0. The van der Waals surface area contributed by atoms with Gasteiger partial charge in [0.15, 0.2) is 0 Å². The van der Waals surface area contributed by atoms with Crippen molar-refractivity contribution >= 4 is 0 Å². The summed E-state index contributed by atoms with van der Waals surface area (Å²) in [5.41, 5.74) is 1.05. The Morgan fingerprint density at radius 3 is 2.82 bits per heavy atom. The number of nitriles is 1. The van der Waals surface area contributed by atoms with Crippen LogP contribution in [0.4, 0.5) is 0 Å². The molecule has 1 aliphatic rings. The molecule has 1 aromatic rings. The molecule has 0 amide bonds. The molecule has 1 saturated heterocycles. The van der Waals surface area contributed by atoms with Crippen LogP contribution in [0.5, 0.6) is 0 Å². The molecular weight excluding hydrogens is 210 g/mol. The van der Waals surface area contributed by atoms with E-state index in [1.54, 1.807) is 0 Å². The minimum Gasteiger partial charge on any atom is -0.380 e. The van der Waals surface area contributed by atoms with Crippen molar-refractivity contribution in [2.75, 3.05) is 13.2 Å². The van der Waals surface area contributed by atoms with Crippen molar-refractivity contribution < 1.29 is 4.74 Å². The van der Waals surface area contributed by atoms with E-state index in [9.17, 15) is 5.26 Å². The summed E-state index contributed by atoms with van der Waals surface area (Å²) >= 11 is 0. The molecule has 0 spiro atoms. The molecule has 17 heavy (non-hydrogen) atoms. The predicted octanol–water partition coefficient (Wildman–Crippen LogP) is 3.33. The van der Waals surface area contributed by atoms with Crippen LogP contribution in [0.15, 0.2) is 30.3 Å². The van der Waals surface area contributed by atoms with Crippen molar-refractivity contribution in [3.8, 4) is 6.07 Å². The summed E-state index contributed by atoms with van der Waals surface area (Å²) in [6.45, 7) is 1.42. The number of aryl methyl sites for hydroxylation is 1. The summed E-state index contributed by atoms with van der Waals surface area (Å²) in [7, 11) is 0. The number of ether oxygens (including phenoxy) is 1. The zero-order valence-electron chi connectivity index (χ0n) is 10.2. The van der Waals surface area contributed by atoms with Crippen molar-refractivity contribution in [1.82, 2.24) is 0 Å². The number of hydrogen-bond donors (Lipinski definition) is 0. The monoisotopic (exact) mass is 229 g/mol. The summed E-state index contributed by atoms with van der Waals surface area (Å²) < 4.78 is 5.57. The van der Waals surface area contributed by atoms with Gasteiger partial charge in [0.05, 0.1) is 18.1 Å². The van der Waals surface area contributed by atoms with E-state index in [2.05, 4.69) is 30.3 Å². The second kappa shape index (κ2) is 5.84. The molecule has 1 aliphatic heterocycles. The van der Waals surface area contributed by atoms with Crippen molar-refractivity contribution in [1.29, 1.82) is 5.26 Å². The Bertz CT molecular complexity index is 372. The lowest BCUT2D eigenvalue weighted by molar-refractivity contribution is 0.0846. The topological polar surface area (TPSA) is 33.0 Å². The molecule has 2 rings (SSSR count). The highest BCUT2D eigenvalue weighted by Gasteiger charge is 2.31. The van der Waals surface area contributed by atoms with Gasteiger partial charge in [-0.05, 0) is 37.7 Å². The van der Waals surface area contributed by atoms with Crippen LogP contribution in [0.2, 0.25) is 0 Å². The Balaban J connectivity index is 1.97. The third-order valence-corrected chi connectivity index (χ3v) is 3.54. The summed E-state index contributed by atoms with van der Waals surface area (Å²) in [5, 5.41) is 9.41. The van der Waals surface area contributed by atoms with Gasteiger partial charge in [0.2, 0.25) is 0 Å². The summed E-state index contributed by atoms with van der Waals surface area (Å²) in [6.07, 6.45) is 5.07. The molecule has 90 valence electrons. The van der Waals surface area contributed by atoms with E-state index in [0.29, 0.717) is 6.61 Å². The predicted molar refractivity (Wildman–Crippen MR) is 67.5 cm³/mol. The standard InChI is InChI=1S/C15H19NO/c16-12-15(9-4-5-11-17-13-15)10-8-14-6-2-1-3-7-14/h1-3,6-7H,4-5,8-11,13H2. The lowest BCUT2D eigenvalue weighted by atomic mass is 9.80. The lowest BCUT2D eigenvalue weighted by Gasteiger charge is -2.23. The van der Waals surface area contributed by atoms with Gasteiger partial charge in [-0.3, -0.25) is 0 Å². The van der Waals surface area contributed by atoms with Crippen LogP contribution in [-0.2, 0) is 11.2 Å². The van der Waals surface area contributed by atoms with Gasteiger partial charge >= 0.3 is 0 Å². The molecule has 0 radical (unpaired) electrons. The SMILES string of the molecule is N#CC1(CCc2ccccc2)CCCCOC1. The van der Waals surface area contributed by atoms with Gasteiger partial charge in [-0.15, -0.1) is 0 Å². The highest BCUT2D eigenvalue weighted by Crippen LogP contribution is 2.32. The fourth-order valence-electron chi connectivity index (χ4n) is 2.38. The van der Waals surface area contributed by atoms with Gasteiger partial charge in [-0.2, -0.15) is 5.26 Å². The summed E-state index contributed by atoms with van der Waals surface area (Å²) in [6, 6.07) is 12.9. The average molecular weight is 229 g/mol. The minimum atomic E-state index is -0.258. The molecule has 1 atom stereocenters. The number of benzene rings is 1. The van der Waals surface area contributed by atoms with Crippen molar-refractivity contribution in [2.45, 2.75) is 32.1 Å². The largest absolute Gasteiger partial charge is 0.380 e. The maximum atomic E-state index is 9.41. The van der Waals surface area contributed by atoms with E-state index in [0.717, 1.165) is 38.7 Å². The molecule has 2 heteroatoms. The Morgan fingerprint density at radius 2 is 2.06 bits per heavy atom. The fourth-order valence-corrected chi connectivity index (χ4v) is 2.38. The van der Waals surface area contributed by atoms with Crippen LogP contribution in [0, 0.1) is 16.7 Å².